The van der Waals surface area contributed by atoms with Gasteiger partial charge in [-0.3, -0.25) is 0 Å². The molecule has 1 fully saturated rings. The zero-order chi connectivity index (χ0) is 18.4. The largest absolute Gasteiger partial charge is 0.494 e. The number of piperidine rings is 1. The number of nitrogens with one attached hydrogen (secondary N) is 1. The Hall–Kier alpha value is -2.19. The summed E-state index contributed by atoms with van der Waals surface area (Å²) in [6.07, 6.45) is 5.28. The first-order chi connectivity index (χ1) is 12.6. The fourth-order valence-corrected chi connectivity index (χ4v) is 4.10. The van der Waals surface area contributed by atoms with Crippen LogP contribution in [-0.4, -0.2) is 44.6 Å². The standard InChI is InChI=1S/C18H24N4O3S/c1-2-25-16-4-6-17(7-5-16)26(23,24)21-14-15-8-12-22(13-9-15)18-19-10-3-11-20-18/h3-7,10-11,15,21H,2,8-9,12-14H2,1H3. The maximum Gasteiger partial charge on any atom is 0.240 e. The van der Waals surface area contributed by atoms with E-state index in [2.05, 4.69) is 19.6 Å². The molecule has 1 saturated heterocycles. The lowest BCUT2D eigenvalue weighted by molar-refractivity contribution is 0.340. The molecule has 0 radical (unpaired) electrons. The van der Waals surface area contributed by atoms with Crippen LogP contribution in [0.5, 0.6) is 5.75 Å². The third-order valence-corrected chi connectivity index (χ3v) is 5.90. The molecule has 1 aromatic carbocycles. The molecule has 0 atom stereocenters. The molecule has 0 aliphatic carbocycles. The molecule has 26 heavy (non-hydrogen) atoms. The molecule has 8 heteroatoms. The monoisotopic (exact) mass is 376 g/mol. The van der Waals surface area contributed by atoms with Crippen molar-refractivity contribution in [2.24, 2.45) is 5.92 Å². The number of ether oxygens (including phenoxy) is 1. The van der Waals surface area contributed by atoms with Gasteiger partial charge in [-0.1, -0.05) is 0 Å². The average molecular weight is 376 g/mol. The topological polar surface area (TPSA) is 84.4 Å². The van der Waals surface area contributed by atoms with Crippen LogP contribution in [0.1, 0.15) is 19.8 Å². The highest BCUT2D eigenvalue weighted by molar-refractivity contribution is 7.89. The molecule has 7 nitrogen and oxygen atoms in total. The predicted molar refractivity (Wildman–Crippen MR) is 99.8 cm³/mol. The van der Waals surface area contributed by atoms with Gasteiger partial charge >= 0.3 is 0 Å². The Morgan fingerprint density at radius 1 is 1.15 bits per heavy atom. The van der Waals surface area contributed by atoms with Crippen LogP contribution >= 0.6 is 0 Å². The van der Waals surface area contributed by atoms with Gasteiger partial charge in [0.1, 0.15) is 5.75 Å². The third kappa shape index (κ3) is 4.70. The fraction of sp³-hybridized carbons (Fsp3) is 0.444. The van der Waals surface area contributed by atoms with Crippen LogP contribution in [-0.2, 0) is 10.0 Å². The number of hydrogen-bond donors (Lipinski definition) is 1. The maximum absolute atomic E-state index is 12.4. The first kappa shape index (κ1) is 18.6. The number of hydrogen-bond acceptors (Lipinski definition) is 6. The molecule has 1 N–H and O–H groups in total. The van der Waals surface area contributed by atoms with Crippen molar-refractivity contribution in [2.75, 3.05) is 31.1 Å². The van der Waals surface area contributed by atoms with Gasteiger partial charge in [-0.2, -0.15) is 0 Å². The Kier molecular flexibility index (Phi) is 6.05. The lowest BCUT2D eigenvalue weighted by Gasteiger charge is -2.31. The summed E-state index contributed by atoms with van der Waals surface area (Å²) in [5.74, 6) is 1.72. The van der Waals surface area contributed by atoms with Crippen molar-refractivity contribution < 1.29 is 13.2 Å². The van der Waals surface area contributed by atoms with Crippen LogP contribution in [0.3, 0.4) is 0 Å². The van der Waals surface area contributed by atoms with Crippen LogP contribution in [0.4, 0.5) is 5.95 Å². The summed E-state index contributed by atoms with van der Waals surface area (Å²) in [5.41, 5.74) is 0. The van der Waals surface area contributed by atoms with E-state index in [4.69, 9.17) is 4.74 Å². The molecule has 3 rings (SSSR count). The highest BCUT2D eigenvalue weighted by Gasteiger charge is 2.23. The minimum absolute atomic E-state index is 0.260. The van der Waals surface area contributed by atoms with Crippen molar-refractivity contribution in [1.29, 1.82) is 0 Å². The Bertz CT molecular complexity index is 789. The Labute approximate surface area is 154 Å². The van der Waals surface area contributed by atoms with Gasteiger partial charge in [-0.05, 0) is 56.0 Å². The molecule has 0 amide bonds. The van der Waals surface area contributed by atoms with E-state index in [0.717, 1.165) is 31.9 Å². The van der Waals surface area contributed by atoms with E-state index in [9.17, 15) is 8.42 Å². The minimum Gasteiger partial charge on any atom is -0.494 e. The summed E-state index contributed by atoms with van der Waals surface area (Å²) in [6, 6.07) is 8.30. The lowest BCUT2D eigenvalue weighted by Crippen LogP contribution is -2.39. The van der Waals surface area contributed by atoms with E-state index >= 15 is 0 Å². The van der Waals surface area contributed by atoms with Crippen molar-refractivity contribution >= 4 is 16.0 Å². The second-order valence-corrected chi connectivity index (χ2v) is 8.00. The molecular formula is C18H24N4O3S. The molecule has 2 heterocycles. The van der Waals surface area contributed by atoms with Gasteiger partial charge < -0.3 is 9.64 Å². The summed E-state index contributed by atoms with van der Waals surface area (Å²) >= 11 is 0. The van der Waals surface area contributed by atoms with Crippen molar-refractivity contribution in [3.05, 3.63) is 42.7 Å². The molecule has 1 aromatic heterocycles. The van der Waals surface area contributed by atoms with Gasteiger partial charge in [-0.15, -0.1) is 0 Å². The van der Waals surface area contributed by atoms with Crippen LogP contribution in [0.25, 0.3) is 0 Å². The second kappa shape index (κ2) is 8.46. The van der Waals surface area contributed by atoms with Crippen molar-refractivity contribution in [3.63, 3.8) is 0 Å². The van der Waals surface area contributed by atoms with Gasteiger partial charge in [0.15, 0.2) is 0 Å². The Morgan fingerprint density at radius 2 is 1.81 bits per heavy atom. The molecule has 1 aliphatic heterocycles. The summed E-state index contributed by atoms with van der Waals surface area (Å²) in [4.78, 5) is 10.9. The highest BCUT2D eigenvalue weighted by atomic mass is 32.2. The third-order valence-electron chi connectivity index (χ3n) is 4.46. The van der Waals surface area contributed by atoms with Crippen LogP contribution < -0.4 is 14.4 Å². The quantitative estimate of drug-likeness (QED) is 0.796. The molecule has 0 unspecified atom stereocenters. The number of anilines is 1. The van der Waals surface area contributed by atoms with Gasteiger partial charge in [0, 0.05) is 32.0 Å². The molecule has 1 aliphatic rings. The smallest absolute Gasteiger partial charge is 0.240 e. The van der Waals surface area contributed by atoms with Gasteiger partial charge in [0.05, 0.1) is 11.5 Å². The SMILES string of the molecule is CCOc1ccc(S(=O)(=O)NCC2CCN(c3ncccn3)CC2)cc1. The second-order valence-electron chi connectivity index (χ2n) is 6.24. The van der Waals surface area contributed by atoms with Crippen LogP contribution in [0, 0.1) is 5.92 Å². The van der Waals surface area contributed by atoms with E-state index in [0.29, 0.717) is 24.8 Å². The number of sulfonamides is 1. The van der Waals surface area contributed by atoms with Crippen molar-refractivity contribution in [3.8, 4) is 5.75 Å². The molecule has 0 bridgehead atoms. The molecule has 2 aromatic rings. The van der Waals surface area contributed by atoms with Crippen LogP contribution in [0.15, 0.2) is 47.6 Å². The van der Waals surface area contributed by atoms with E-state index in [-0.39, 0.29) is 4.90 Å². The summed E-state index contributed by atoms with van der Waals surface area (Å²) in [5, 5.41) is 0. The van der Waals surface area contributed by atoms with Gasteiger partial charge in [0.25, 0.3) is 0 Å². The van der Waals surface area contributed by atoms with Crippen molar-refractivity contribution in [1.82, 2.24) is 14.7 Å². The zero-order valence-corrected chi connectivity index (χ0v) is 15.7. The maximum atomic E-state index is 12.4. The molecule has 0 saturated carbocycles. The van der Waals surface area contributed by atoms with E-state index in [1.54, 1.807) is 42.7 Å². The number of aromatic nitrogens is 2. The normalized spacial score (nSPS) is 15.8. The fourth-order valence-electron chi connectivity index (χ4n) is 2.98. The van der Waals surface area contributed by atoms with E-state index < -0.39 is 10.0 Å². The Balaban J connectivity index is 1.51. The highest BCUT2D eigenvalue weighted by Crippen LogP contribution is 2.21. The summed E-state index contributed by atoms with van der Waals surface area (Å²) < 4.78 is 33.0. The Morgan fingerprint density at radius 3 is 2.42 bits per heavy atom. The zero-order valence-electron chi connectivity index (χ0n) is 14.8. The number of benzene rings is 1. The van der Waals surface area contributed by atoms with Crippen LogP contribution in [0.2, 0.25) is 0 Å². The molecule has 140 valence electrons. The number of nitrogens with zero attached hydrogens (tertiary/aromatic N) is 3. The van der Waals surface area contributed by atoms with E-state index in [1.807, 2.05) is 6.92 Å². The number of rotatable bonds is 7. The lowest BCUT2D eigenvalue weighted by atomic mass is 9.97. The van der Waals surface area contributed by atoms with E-state index in [1.165, 1.54) is 0 Å². The summed E-state index contributed by atoms with van der Waals surface area (Å²) in [6.45, 7) is 4.55. The first-order valence-electron chi connectivity index (χ1n) is 8.83. The van der Waals surface area contributed by atoms with Gasteiger partial charge in [0.2, 0.25) is 16.0 Å². The van der Waals surface area contributed by atoms with Crippen molar-refractivity contribution in [2.45, 2.75) is 24.7 Å². The predicted octanol–water partition coefficient (Wildman–Crippen LogP) is 2.07. The first-order valence-corrected chi connectivity index (χ1v) is 10.3. The minimum atomic E-state index is -3.50. The molecule has 0 spiro atoms. The van der Waals surface area contributed by atoms with Gasteiger partial charge in [-0.25, -0.2) is 23.1 Å². The average Bonchev–Trinajstić information content (AvgIpc) is 2.68. The summed E-state index contributed by atoms with van der Waals surface area (Å²) in [7, 11) is -3.50. The molecular weight excluding hydrogens is 352 g/mol.